The minimum atomic E-state index is -0.441. The topological polar surface area (TPSA) is 90.0 Å². The molecule has 0 radical (unpaired) electrons. The molecule has 0 aliphatic heterocycles. The zero-order valence-electron chi connectivity index (χ0n) is 10.3. The Morgan fingerprint density at radius 1 is 1.47 bits per heavy atom. The number of amides is 1. The molecule has 19 heavy (non-hydrogen) atoms. The molecule has 2 heterocycles. The minimum Gasteiger partial charge on any atom is -0.408 e. The third-order valence-corrected chi connectivity index (χ3v) is 2.95. The van der Waals surface area contributed by atoms with Crippen LogP contribution in [0, 0.1) is 0 Å². The maximum absolute atomic E-state index is 11.9. The first-order valence-corrected chi connectivity index (χ1v) is 5.95. The Hall–Kier alpha value is -2.44. The zero-order valence-corrected chi connectivity index (χ0v) is 10.3. The van der Waals surface area contributed by atoms with E-state index in [4.69, 9.17) is 4.42 Å². The summed E-state index contributed by atoms with van der Waals surface area (Å²) < 4.78 is 6.70. The van der Waals surface area contributed by atoms with Gasteiger partial charge in [0.2, 0.25) is 5.89 Å². The van der Waals surface area contributed by atoms with Gasteiger partial charge in [-0.2, -0.15) is 0 Å². The molecule has 3 rings (SSSR count). The molecule has 1 N–H and O–H groups in total. The lowest BCUT2D eigenvalue weighted by atomic mass is 10.2. The standard InChI is InChI=1S/C12H12N4O3/c1-16-5-4-8(6-9(16)17)10(18)13-12-15-14-11(19-12)7-2-3-7/h4-7H,2-3H2,1H3,(H,13,15,18). The molecule has 1 fully saturated rings. The number of hydrogen-bond donors (Lipinski definition) is 1. The Bertz CT molecular complexity index is 684. The van der Waals surface area contributed by atoms with Gasteiger partial charge in [-0.05, 0) is 18.9 Å². The van der Waals surface area contributed by atoms with E-state index in [1.54, 1.807) is 13.1 Å². The Morgan fingerprint density at radius 3 is 2.95 bits per heavy atom. The molecule has 2 aromatic heterocycles. The van der Waals surface area contributed by atoms with Crippen LogP contribution in [0.3, 0.4) is 0 Å². The van der Waals surface area contributed by atoms with Crippen LogP contribution in [0.1, 0.15) is 35.0 Å². The van der Waals surface area contributed by atoms with Crippen molar-refractivity contribution >= 4 is 11.9 Å². The zero-order chi connectivity index (χ0) is 13.4. The van der Waals surface area contributed by atoms with Gasteiger partial charge in [0.05, 0.1) is 0 Å². The third kappa shape index (κ3) is 2.40. The largest absolute Gasteiger partial charge is 0.408 e. The average molecular weight is 260 g/mol. The number of aryl methyl sites for hydroxylation is 1. The van der Waals surface area contributed by atoms with Crippen molar-refractivity contribution in [2.75, 3.05) is 5.32 Å². The first kappa shape index (κ1) is 11.6. The highest BCUT2D eigenvalue weighted by molar-refractivity contribution is 6.02. The fourth-order valence-corrected chi connectivity index (χ4v) is 1.64. The van der Waals surface area contributed by atoms with Crippen LogP contribution in [0.15, 0.2) is 27.5 Å². The van der Waals surface area contributed by atoms with E-state index in [-0.39, 0.29) is 17.1 Å². The summed E-state index contributed by atoms with van der Waals surface area (Å²) in [6, 6.07) is 2.87. The van der Waals surface area contributed by atoms with Gasteiger partial charge in [0.25, 0.3) is 11.5 Å². The summed E-state index contributed by atoms with van der Waals surface area (Å²) in [5.41, 5.74) is 0.00567. The maximum atomic E-state index is 11.9. The Morgan fingerprint density at radius 2 is 2.26 bits per heavy atom. The molecule has 7 heteroatoms. The van der Waals surface area contributed by atoms with Crippen LogP contribution in [0.5, 0.6) is 0 Å². The fourth-order valence-electron chi connectivity index (χ4n) is 1.64. The van der Waals surface area contributed by atoms with Crippen LogP contribution in [-0.2, 0) is 7.05 Å². The summed E-state index contributed by atoms with van der Waals surface area (Å²) in [4.78, 5) is 23.3. The fraction of sp³-hybridized carbons (Fsp3) is 0.333. The van der Waals surface area contributed by atoms with Gasteiger partial charge in [-0.25, -0.2) is 0 Å². The van der Waals surface area contributed by atoms with Crippen molar-refractivity contribution in [3.05, 3.63) is 40.1 Å². The van der Waals surface area contributed by atoms with E-state index in [0.29, 0.717) is 11.8 Å². The Kier molecular flexibility index (Phi) is 2.66. The van der Waals surface area contributed by atoms with Gasteiger partial charge in [0.15, 0.2) is 0 Å². The molecular weight excluding hydrogens is 248 g/mol. The van der Waals surface area contributed by atoms with Crippen LogP contribution >= 0.6 is 0 Å². The second-order valence-corrected chi connectivity index (χ2v) is 4.54. The summed E-state index contributed by atoms with van der Waals surface area (Å²) in [7, 11) is 1.62. The van der Waals surface area contributed by atoms with E-state index in [0.717, 1.165) is 12.8 Å². The number of nitrogens with one attached hydrogen (secondary N) is 1. The number of rotatable bonds is 3. The quantitative estimate of drug-likeness (QED) is 0.885. The average Bonchev–Trinajstić information content (AvgIpc) is 3.14. The molecule has 0 bridgehead atoms. The highest BCUT2D eigenvalue weighted by Gasteiger charge is 2.29. The number of aromatic nitrogens is 3. The first-order valence-electron chi connectivity index (χ1n) is 5.95. The SMILES string of the molecule is Cn1ccc(C(=O)Nc2nnc(C3CC3)o2)cc1=O. The van der Waals surface area contributed by atoms with Crippen LogP contribution in [0.4, 0.5) is 6.01 Å². The van der Waals surface area contributed by atoms with Gasteiger partial charge in [-0.15, -0.1) is 5.10 Å². The van der Waals surface area contributed by atoms with E-state index in [2.05, 4.69) is 15.5 Å². The highest BCUT2D eigenvalue weighted by atomic mass is 16.4. The van der Waals surface area contributed by atoms with Gasteiger partial charge in [-0.3, -0.25) is 14.9 Å². The molecule has 1 saturated carbocycles. The summed E-state index contributed by atoms with van der Waals surface area (Å²) in [6.07, 6.45) is 3.62. The lowest BCUT2D eigenvalue weighted by Gasteiger charge is -2.01. The van der Waals surface area contributed by atoms with Crippen molar-refractivity contribution in [2.45, 2.75) is 18.8 Å². The van der Waals surface area contributed by atoms with Crippen molar-refractivity contribution in [3.8, 4) is 0 Å². The monoisotopic (exact) mass is 260 g/mol. The number of anilines is 1. The molecule has 0 saturated heterocycles. The van der Waals surface area contributed by atoms with Crippen molar-refractivity contribution in [1.82, 2.24) is 14.8 Å². The van der Waals surface area contributed by atoms with E-state index in [1.807, 2.05) is 0 Å². The lowest BCUT2D eigenvalue weighted by molar-refractivity contribution is 0.102. The minimum absolute atomic E-state index is 0.0626. The molecule has 1 aliphatic rings. The second-order valence-electron chi connectivity index (χ2n) is 4.54. The Balaban J connectivity index is 1.75. The summed E-state index contributed by atoms with van der Waals surface area (Å²) in [5.74, 6) is 0.449. The predicted octanol–water partition coefficient (Wildman–Crippen LogP) is 0.898. The normalized spacial score (nSPS) is 14.4. The van der Waals surface area contributed by atoms with Crippen molar-refractivity contribution < 1.29 is 9.21 Å². The van der Waals surface area contributed by atoms with E-state index < -0.39 is 5.91 Å². The number of hydrogen-bond acceptors (Lipinski definition) is 5. The molecule has 0 unspecified atom stereocenters. The first-order chi connectivity index (χ1) is 9.13. The molecule has 0 aromatic carbocycles. The van der Waals surface area contributed by atoms with Crippen LogP contribution in [0.25, 0.3) is 0 Å². The van der Waals surface area contributed by atoms with Gasteiger partial charge < -0.3 is 8.98 Å². The van der Waals surface area contributed by atoms with Crippen LogP contribution in [-0.4, -0.2) is 20.7 Å². The van der Waals surface area contributed by atoms with Crippen LogP contribution in [0.2, 0.25) is 0 Å². The number of carbonyl (C=O) groups is 1. The summed E-state index contributed by atoms with van der Waals surface area (Å²) in [5, 5.41) is 10.1. The molecule has 7 nitrogen and oxygen atoms in total. The number of carbonyl (C=O) groups excluding carboxylic acids is 1. The van der Waals surface area contributed by atoms with Gasteiger partial charge in [0.1, 0.15) is 0 Å². The lowest BCUT2D eigenvalue weighted by Crippen LogP contribution is -2.20. The second kappa shape index (κ2) is 4.34. The maximum Gasteiger partial charge on any atom is 0.322 e. The molecule has 98 valence electrons. The molecular formula is C12H12N4O3. The van der Waals surface area contributed by atoms with Crippen molar-refractivity contribution in [3.63, 3.8) is 0 Å². The highest BCUT2D eigenvalue weighted by Crippen LogP contribution is 2.39. The van der Waals surface area contributed by atoms with Crippen molar-refractivity contribution in [2.24, 2.45) is 7.05 Å². The molecule has 1 amide bonds. The predicted molar refractivity (Wildman–Crippen MR) is 65.9 cm³/mol. The number of pyridine rings is 1. The third-order valence-electron chi connectivity index (χ3n) is 2.95. The van der Waals surface area contributed by atoms with Gasteiger partial charge in [0, 0.05) is 30.8 Å². The summed E-state index contributed by atoms with van der Waals surface area (Å²) in [6.45, 7) is 0. The van der Waals surface area contributed by atoms with Crippen LogP contribution < -0.4 is 10.9 Å². The Labute approximate surface area is 108 Å². The van der Waals surface area contributed by atoms with Gasteiger partial charge in [-0.1, -0.05) is 5.10 Å². The number of nitrogens with zero attached hydrogens (tertiary/aromatic N) is 3. The smallest absolute Gasteiger partial charge is 0.322 e. The van der Waals surface area contributed by atoms with E-state index >= 15 is 0 Å². The molecule has 0 atom stereocenters. The molecule has 1 aliphatic carbocycles. The molecule has 0 spiro atoms. The van der Waals surface area contributed by atoms with E-state index in [1.165, 1.54) is 16.8 Å². The van der Waals surface area contributed by atoms with Crippen molar-refractivity contribution in [1.29, 1.82) is 0 Å². The van der Waals surface area contributed by atoms with Gasteiger partial charge >= 0.3 is 6.01 Å². The van der Waals surface area contributed by atoms with E-state index in [9.17, 15) is 9.59 Å². The summed E-state index contributed by atoms with van der Waals surface area (Å²) >= 11 is 0. The molecule has 2 aromatic rings.